The van der Waals surface area contributed by atoms with Gasteiger partial charge in [0.15, 0.2) is 0 Å². The second kappa shape index (κ2) is 7.82. The molecule has 6 heteroatoms. The second-order valence-electron chi connectivity index (χ2n) is 5.97. The van der Waals surface area contributed by atoms with Crippen molar-refractivity contribution in [1.29, 1.82) is 0 Å². The Bertz CT molecular complexity index is 901. The summed E-state index contributed by atoms with van der Waals surface area (Å²) < 4.78 is 10.6. The van der Waals surface area contributed by atoms with Gasteiger partial charge in [0.25, 0.3) is 5.91 Å². The van der Waals surface area contributed by atoms with Gasteiger partial charge < -0.3 is 14.6 Å². The number of nitrogens with zero attached hydrogens (tertiary/aromatic N) is 2. The highest BCUT2D eigenvalue weighted by Crippen LogP contribution is 2.20. The van der Waals surface area contributed by atoms with Crippen LogP contribution >= 0.6 is 0 Å². The van der Waals surface area contributed by atoms with Crippen molar-refractivity contribution in [2.24, 2.45) is 0 Å². The van der Waals surface area contributed by atoms with Gasteiger partial charge in [-0.3, -0.25) is 4.79 Å². The molecule has 26 heavy (non-hydrogen) atoms. The summed E-state index contributed by atoms with van der Waals surface area (Å²) in [5.41, 5.74) is 3.52. The maximum Gasteiger partial charge on any atom is 0.251 e. The van der Waals surface area contributed by atoms with Gasteiger partial charge in [0, 0.05) is 11.1 Å². The zero-order chi connectivity index (χ0) is 18.5. The maximum atomic E-state index is 12.3. The van der Waals surface area contributed by atoms with Crippen molar-refractivity contribution in [2.45, 2.75) is 27.3 Å². The third-order valence-electron chi connectivity index (χ3n) is 3.92. The van der Waals surface area contributed by atoms with Crippen molar-refractivity contribution in [2.75, 3.05) is 6.61 Å². The molecule has 1 N–H and O–H groups in total. The topological polar surface area (TPSA) is 77.3 Å². The fourth-order valence-corrected chi connectivity index (χ4v) is 2.63. The minimum atomic E-state index is -0.164. The van der Waals surface area contributed by atoms with Crippen LogP contribution in [0.2, 0.25) is 0 Å². The molecule has 1 heterocycles. The molecule has 0 saturated heterocycles. The summed E-state index contributed by atoms with van der Waals surface area (Å²) in [7, 11) is 0. The van der Waals surface area contributed by atoms with Gasteiger partial charge in [-0.15, -0.1) is 0 Å². The first-order valence-corrected chi connectivity index (χ1v) is 8.48. The predicted octanol–water partition coefficient (Wildman–Crippen LogP) is 3.68. The quantitative estimate of drug-likeness (QED) is 0.733. The van der Waals surface area contributed by atoms with Gasteiger partial charge >= 0.3 is 0 Å². The normalized spacial score (nSPS) is 10.6. The molecule has 0 aliphatic heterocycles. The van der Waals surface area contributed by atoms with Crippen molar-refractivity contribution in [1.82, 2.24) is 15.5 Å². The summed E-state index contributed by atoms with van der Waals surface area (Å²) in [6, 6.07) is 13.2. The molecule has 0 aliphatic rings. The van der Waals surface area contributed by atoms with Crippen LogP contribution in [0.5, 0.6) is 5.75 Å². The Morgan fingerprint density at radius 1 is 1.15 bits per heavy atom. The Hall–Kier alpha value is -3.15. The van der Waals surface area contributed by atoms with Crippen LogP contribution in [0.1, 0.15) is 34.3 Å². The Kier molecular flexibility index (Phi) is 5.31. The first-order valence-electron chi connectivity index (χ1n) is 8.48. The molecule has 3 aromatic rings. The van der Waals surface area contributed by atoms with Crippen LogP contribution in [-0.4, -0.2) is 22.7 Å². The van der Waals surface area contributed by atoms with Gasteiger partial charge in [-0.1, -0.05) is 22.9 Å². The van der Waals surface area contributed by atoms with Crippen molar-refractivity contribution in [3.8, 4) is 17.1 Å². The average molecular weight is 351 g/mol. The molecule has 1 amide bonds. The first kappa shape index (κ1) is 17.7. The van der Waals surface area contributed by atoms with E-state index < -0.39 is 0 Å². The Balaban J connectivity index is 1.64. The number of benzene rings is 2. The molecule has 2 aromatic carbocycles. The summed E-state index contributed by atoms with van der Waals surface area (Å²) in [6.45, 7) is 6.64. The number of carbonyl (C=O) groups excluding carboxylic acids is 1. The molecule has 1 aromatic heterocycles. The second-order valence-corrected chi connectivity index (χ2v) is 5.97. The molecular weight excluding hydrogens is 330 g/mol. The number of hydrogen-bond donors (Lipinski definition) is 1. The van der Waals surface area contributed by atoms with Crippen LogP contribution in [0, 0.1) is 13.8 Å². The fourth-order valence-electron chi connectivity index (χ4n) is 2.63. The Labute approximate surface area is 152 Å². The van der Waals surface area contributed by atoms with Crippen molar-refractivity contribution < 1.29 is 14.1 Å². The lowest BCUT2D eigenvalue weighted by atomic mass is 10.1. The average Bonchev–Trinajstić information content (AvgIpc) is 3.10. The zero-order valence-corrected chi connectivity index (χ0v) is 15.1. The van der Waals surface area contributed by atoms with E-state index in [4.69, 9.17) is 9.26 Å². The highest BCUT2D eigenvalue weighted by Gasteiger charge is 2.12. The van der Waals surface area contributed by atoms with Gasteiger partial charge in [-0.2, -0.15) is 4.98 Å². The highest BCUT2D eigenvalue weighted by atomic mass is 16.5. The van der Waals surface area contributed by atoms with Crippen LogP contribution in [0.25, 0.3) is 11.4 Å². The van der Waals surface area contributed by atoms with Crippen LogP contribution in [0.4, 0.5) is 0 Å². The van der Waals surface area contributed by atoms with E-state index in [1.807, 2.05) is 63.2 Å². The lowest BCUT2D eigenvalue weighted by Crippen LogP contribution is -2.23. The number of amides is 1. The van der Waals surface area contributed by atoms with E-state index in [9.17, 15) is 4.79 Å². The molecule has 3 rings (SSSR count). The third kappa shape index (κ3) is 4.08. The zero-order valence-electron chi connectivity index (χ0n) is 15.1. The van der Waals surface area contributed by atoms with E-state index in [-0.39, 0.29) is 12.5 Å². The number of nitrogens with one attached hydrogen (secondary N) is 1. The highest BCUT2D eigenvalue weighted by molar-refractivity contribution is 5.95. The molecule has 0 saturated carbocycles. The van der Waals surface area contributed by atoms with Crippen LogP contribution < -0.4 is 10.1 Å². The predicted molar refractivity (Wildman–Crippen MR) is 98.0 cm³/mol. The Morgan fingerprint density at radius 3 is 2.62 bits per heavy atom. The van der Waals surface area contributed by atoms with Crippen LogP contribution in [0.15, 0.2) is 47.0 Å². The Morgan fingerprint density at radius 2 is 1.92 bits per heavy atom. The number of rotatable bonds is 6. The lowest BCUT2D eigenvalue weighted by molar-refractivity contribution is 0.0945. The molecule has 6 nitrogen and oxygen atoms in total. The van der Waals surface area contributed by atoms with E-state index >= 15 is 0 Å². The first-order chi connectivity index (χ1) is 12.6. The van der Waals surface area contributed by atoms with Gasteiger partial charge in [-0.25, -0.2) is 0 Å². The van der Waals surface area contributed by atoms with Crippen LogP contribution in [-0.2, 0) is 6.54 Å². The van der Waals surface area contributed by atoms with Gasteiger partial charge in [-0.05, 0) is 56.7 Å². The third-order valence-corrected chi connectivity index (χ3v) is 3.92. The monoisotopic (exact) mass is 351 g/mol. The number of carbonyl (C=O) groups is 1. The number of hydrogen-bond acceptors (Lipinski definition) is 5. The number of aromatic nitrogens is 2. The molecule has 0 fully saturated rings. The standard InChI is InChI=1S/C20H21N3O3/c1-4-25-16-8-6-15(7-9-16)19-22-18(26-23-19)12-21-20(24)17-10-5-13(2)11-14(17)3/h5-11H,4,12H2,1-3H3,(H,21,24). The lowest BCUT2D eigenvalue weighted by Gasteiger charge is -2.06. The van der Waals surface area contributed by atoms with Gasteiger partial charge in [0.2, 0.25) is 11.7 Å². The summed E-state index contributed by atoms with van der Waals surface area (Å²) >= 11 is 0. The van der Waals surface area contributed by atoms with E-state index in [1.165, 1.54) is 0 Å². The van der Waals surface area contributed by atoms with Crippen molar-refractivity contribution in [3.63, 3.8) is 0 Å². The summed E-state index contributed by atoms with van der Waals surface area (Å²) in [4.78, 5) is 16.6. The van der Waals surface area contributed by atoms with Crippen molar-refractivity contribution >= 4 is 5.91 Å². The molecule has 0 aliphatic carbocycles. The molecule has 0 spiro atoms. The molecule has 0 unspecified atom stereocenters. The molecule has 0 radical (unpaired) electrons. The van der Waals surface area contributed by atoms with E-state index in [0.717, 1.165) is 22.4 Å². The summed E-state index contributed by atoms with van der Waals surface area (Å²) in [5, 5.41) is 6.77. The number of aryl methyl sites for hydroxylation is 2. The molecule has 0 bridgehead atoms. The molecular formula is C20H21N3O3. The molecule has 134 valence electrons. The largest absolute Gasteiger partial charge is 0.494 e. The molecule has 0 atom stereocenters. The van der Waals surface area contributed by atoms with E-state index in [2.05, 4.69) is 15.5 Å². The van der Waals surface area contributed by atoms with E-state index in [0.29, 0.717) is 23.9 Å². The van der Waals surface area contributed by atoms with Gasteiger partial charge in [0.1, 0.15) is 5.75 Å². The van der Waals surface area contributed by atoms with Gasteiger partial charge in [0.05, 0.1) is 13.2 Å². The SMILES string of the molecule is CCOc1ccc(-c2noc(CNC(=O)c3ccc(C)cc3C)n2)cc1. The fraction of sp³-hybridized carbons (Fsp3) is 0.250. The maximum absolute atomic E-state index is 12.3. The minimum Gasteiger partial charge on any atom is -0.494 e. The number of ether oxygens (including phenoxy) is 1. The van der Waals surface area contributed by atoms with E-state index in [1.54, 1.807) is 0 Å². The summed E-state index contributed by atoms with van der Waals surface area (Å²) in [5.74, 6) is 1.46. The van der Waals surface area contributed by atoms with Crippen LogP contribution in [0.3, 0.4) is 0 Å². The smallest absolute Gasteiger partial charge is 0.251 e. The summed E-state index contributed by atoms with van der Waals surface area (Å²) in [6.07, 6.45) is 0. The minimum absolute atomic E-state index is 0.164. The van der Waals surface area contributed by atoms with Crippen molar-refractivity contribution in [3.05, 3.63) is 65.0 Å².